The number of aromatic nitrogens is 4. The zero-order valence-corrected chi connectivity index (χ0v) is 13.0. The second-order valence-corrected chi connectivity index (χ2v) is 5.17. The molecule has 24 heavy (non-hydrogen) atoms. The van der Waals surface area contributed by atoms with Gasteiger partial charge in [-0.1, -0.05) is 24.3 Å². The molecule has 3 rings (SSSR count). The van der Waals surface area contributed by atoms with Crippen molar-refractivity contribution in [2.75, 3.05) is 13.2 Å². The first-order chi connectivity index (χ1) is 11.8. The number of hydrogen-bond acceptors (Lipinski definition) is 5. The first-order valence-corrected chi connectivity index (χ1v) is 7.55. The number of carbonyl (C=O) groups is 1. The van der Waals surface area contributed by atoms with E-state index in [2.05, 4.69) is 15.2 Å². The van der Waals surface area contributed by atoms with E-state index >= 15 is 0 Å². The molecule has 2 heterocycles. The summed E-state index contributed by atoms with van der Waals surface area (Å²) in [5, 5.41) is 17.6. The van der Waals surface area contributed by atoms with Crippen molar-refractivity contribution in [1.29, 1.82) is 0 Å². The number of hydrogen-bond donors (Lipinski definition) is 1. The lowest BCUT2D eigenvalue weighted by molar-refractivity contribution is 0.0701. The van der Waals surface area contributed by atoms with Crippen LogP contribution in [-0.2, 0) is 6.54 Å². The van der Waals surface area contributed by atoms with Crippen LogP contribution in [0.4, 0.5) is 0 Å². The van der Waals surface area contributed by atoms with Gasteiger partial charge in [-0.2, -0.15) is 9.90 Å². The molecule has 0 radical (unpaired) electrons. The minimum Gasteiger partial charge on any atom is -0.395 e. The van der Waals surface area contributed by atoms with Crippen LogP contribution in [0.3, 0.4) is 0 Å². The van der Waals surface area contributed by atoms with Gasteiger partial charge < -0.3 is 10.0 Å². The normalized spacial score (nSPS) is 10.5. The minimum atomic E-state index is -0.282. The monoisotopic (exact) mass is 323 g/mol. The summed E-state index contributed by atoms with van der Waals surface area (Å²) in [6, 6.07) is 13.1. The number of aliphatic hydroxyl groups excluding tert-OH is 1. The molecule has 7 heteroatoms. The summed E-state index contributed by atoms with van der Waals surface area (Å²) in [6.07, 6.45) is 4.80. The van der Waals surface area contributed by atoms with Crippen molar-refractivity contribution in [3.05, 3.63) is 72.3 Å². The van der Waals surface area contributed by atoms with Crippen LogP contribution in [-0.4, -0.2) is 49.0 Å². The van der Waals surface area contributed by atoms with Crippen molar-refractivity contribution in [1.82, 2.24) is 24.9 Å². The summed E-state index contributed by atoms with van der Waals surface area (Å²) in [6.45, 7) is 0.441. The molecule has 0 fully saturated rings. The average molecular weight is 323 g/mol. The summed E-state index contributed by atoms with van der Waals surface area (Å²) < 4.78 is 0. The van der Waals surface area contributed by atoms with Gasteiger partial charge in [0.2, 0.25) is 0 Å². The fraction of sp³-hybridized carbons (Fsp3) is 0.176. The van der Waals surface area contributed by atoms with Gasteiger partial charge in [0.15, 0.2) is 5.69 Å². The first kappa shape index (κ1) is 15.8. The van der Waals surface area contributed by atoms with Gasteiger partial charge in [0.25, 0.3) is 5.91 Å². The molecule has 0 aliphatic heterocycles. The Morgan fingerprint density at radius 1 is 1.12 bits per heavy atom. The molecule has 0 saturated heterocycles. The molecular formula is C17H17N5O2. The van der Waals surface area contributed by atoms with Crippen molar-refractivity contribution >= 4 is 5.91 Å². The maximum Gasteiger partial charge on any atom is 0.276 e. The molecule has 0 atom stereocenters. The molecule has 122 valence electrons. The Labute approximate surface area is 139 Å². The van der Waals surface area contributed by atoms with Gasteiger partial charge in [-0.15, -0.1) is 5.10 Å². The Balaban J connectivity index is 1.79. The largest absolute Gasteiger partial charge is 0.395 e. The Morgan fingerprint density at radius 3 is 2.67 bits per heavy atom. The first-order valence-electron chi connectivity index (χ1n) is 7.55. The maximum atomic E-state index is 12.7. The molecule has 1 N–H and O–H groups in total. The fourth-order valence-electron chi connectivity index (χ4n) is 2.29. The Hall–Kier alpha value is -3.06. The molecule has 0 aliphatic rings. The molecule has 0 saturated carbocycles. The van der Waals surface area contributed by atoms with Gasteiger partial charge in [-0.05, 0) is 23.8 Å². The predicted octanol–water partition coefficient (Wildman–Crippen LogP) is 1.30. The van der Waals surface area contributed by atoms with Crippen LogP contribution < -0.4 is 0 Å². The van der Waals surface area contributed by atoms with Crippen molar-refractivity contribution < 1.29 is 9.90 Å². The SMILES string of the molecule is O=C(c1cnn(-c2ccccc2)n1)N(CCO)Cc1cccnc1. The standard InChI is InChI=1S/C17H17N5O2/c23-10-9-21(13-14-5-4-8-18-11-14)17(24)16-12-19-22(20-16)15-6-2-1-3-7-15/h1-8,11-12,23H,9-10,13H2. The van der Waals surface area contributed by atoms with Gasteiger partial charge in [0, 0.05) is 25.5 Å². The Morgan fingerprint density at radius 2 is 1.96 bits per heavy atom. The highest BCUT2D eigenvalue weighted by Gasteiger charge is 2.19. The third-order valence-corrected chi connectivity index (χ3v) is 3.45. The number of pyridine rings is 1. The Bertz CT molecular complexity index is 789. The minimum absolute atomic E-state index is 0.126. The number of para-hydroxylation sites is 1. The van der Waals surface area contributed by atoms with Crippen LogP contribution >= 0.6 is 0 Å². The molecule has 0 bridgehead atoms. The highest BCUT2D eigenvalue weighted by Crippen LogP contribution is 2.09. The van der Waals surface area contributed by atoms with Gasteiger partial charge in [-0.25, -0.2) is 0 Å². The second kappa shape index (κ2) is 7.47. The number of benzene rings is 1. The highest BCUT2D eigenvalue weighted by molar-refractivity contribution is 5.91. The van der Waals surface area contributed by atoms with E-state index in [0.29, 0.717) is 6.54 Å². The Kier molecular flexibility index (Phi) is 4.93. The van der Waals surface area contributed by atoms with Crippen LogP contribution in [0.25, 0.3) is 5.69 Å². The number of carbonyl (C=O) groups excluding carboxylic acids is 1. The average Bonchev–Trinajstić information content (AvgIpc) is 3.12. The molecule has 2 aromatic heterocycles. The van der Waals surface area contributed by atoms with E-state index in [1.165, 1.54) is 15.9 Å². The zero-order valence-electron chi connectivity index (χ0n) is 13.0. The highest BCUT2D eigenvalue weighted by atomic mass is 16.3. The topological polar surface area (TPSA) is 84.1 Å². The summed E-state index contributed by atoms with van der Waals surface area (Å²) in [7, 11) is 0. The smallest absolute Gasteiger partial charge is 0.276 e. The summed E-state index contributed by atoms with van der Waals surface area (Å²) in [5.41, 5.74) is 1.89. The molecule has 3 aromatic rings. The van der Waals surface area contributed by atoms with Crippen LogP contribution in [0.15, 0.2) is 61.1 Å². The van der Waals surface area contributed by atoms with Crippen molar-refractivity contribution in [2.24, 2.45) is 0 Å². The number of nitrogens with zero attached hydrogens (tertiary/aromatic N) is 5. The molecule has 0 aliphatic carbocycles. The van der Waals surface area contributed by atoms with Crippen molar-refractivity contribution in [2.45, 2.75) is 6.54 Å². The lowest BCUT2D eigenvalue weighted by Gasteiger charge is -2.20. The van der Waals surface area contributed by atoms with Crippen molar-refractivity contribution in [3.8, 4) is 5.69 Å². The third-order valence-electron chi connectivity index (χ3n) is 3.45. The van der Waals surface area contributed by atoms with E-state index in [0.717, 1.165) is 11.3 Å². The van der Waals surface area contributed by atoms with Crippen LogP contribution in [0, 0.1) is 0 Å². The van der Waals surface area contributed by atoms with Crippen molar-refractivity contribution in [3.63, 3.8) is 0 Å². The molecule has 7 nitrogen and oxygen atoms in total. The fourth-order valence-corrected chi connectivity index (χ4v) is 2.29. The second-order valence-electron chi connectivity index (χ2n) is 5.17. The van der Waals surface area contributed by atoms with E-state index in [9.17, 15) is 9.90 Å². The molecule has 0 spiro atoms. The van der Waals surface area contributed by atoms with E-state index in [-0.39, 0.29) is 24.8 Å². The zero-order chi connectivity index (χ0) is 16.8. The maximum absolute atomic E-state index is 12.7. The third kappa shape index (κ3) is 3.64. The number of rotatable bonds is 6. The van der Waals surface area contributed by atoms with Gasteiger partial charge >= 0.3 is 0 Å². The van der Waals surface area contributed by atoms with Gasteiger partial charge in [0.1, 0.15) is 0 Å². The van der Waals surface area contributed by atoms with Crippen LogP contribution in [0.2, 0.25) is 0 Å². The van der Waals surface area contributed by atoms with E-state index in [1.807, 2.05) is 42.5 Å². The lowest BCUT2D eigenvalue weighted by Crippen LogP contribution is -2.33. The predicted molar refractivity (Wildman–Crippen MR) is 87.4 cm³/mol. The summed E-state index contributed by atoms with van der Waals surface area (Å²) in [4.78, 5) is 19.6. The van der Waals surface area contributed by atoms with Crippen LogP contribution in [0.1, 0.15) is 16.1 Å². The van der Waals surface area contributed by atoms with Gasteiger partial charge in [0.05, 0.1) is 18.5 Å². The summed E-state index contributed by atoms with van der Waals surface area (Å²) >= 11 is 0. The lowest BCUT2D eigenvalue weighted by atomic mass is 10.2. The van der Waals surface area contributed by atoms with E-state index in [1.54, 1.807) is 12.4 Å². The van der Waals surface area contributed by atoms with Crippen LogP contribution in [0.5, 0.6) is 0 Å². The van der Waals surface area contributed by atoms with E-state index < -0.39 is 0 Å². The molecule has 1 aromatic carbocycles. The molecular weight excluding hydrogens is 306 g/mol. The van der Waals surface area contributed by atoms with E-state index in [4.69, 9.17) is 0 Å². The van der Waals surface area contributed by atoms with Gasteiger partial charge in [-0.3, -0.25) is 9.78 Å². The molecule has 0 unspecified atom stereocenters. The number of amides is 1. The summed E-state index contributed by atoms with van der Waals surface area (Å²) in [5.74, 6) is -0.282. The molecule has 1 amide bonds. The quantitative estimate of drug-likeness (QED) is 0.739. The number of aliphatic hydroxyl groups is 1.